The molecule has 0 unspecified atom stereocenters. The van der Waals surface area contributed by atoms with E-state index in [1.54, 1.807) is 12.1 Å². The van der Waals surface area contributed by atoms with Crippen LogP contribution in [-0.2, 0) is 11.2 Å². The number of para-hydroxylation sites is 1. The van der Waals surface area contributed by atoms with Gasteiger partial charge in [0, 0.05) is 35.6 Å². The van der Waals surface area contributed by atoms with Crippen molar-refractivity contribution in [3.63, 3.8) is 0 Å². The molecular formula is C21H20N4O2S. The van der Waals surface area contributed by atoms with Gasteiger partial charge in [-0.15, -0.1) is 0 Å². The smallest absolute Gasteiger partial charge is 0.251 e. The van der Waals surface area contributed by atoms with Crippen molar-refractivity contribution in [2.45, 2.75) is 26.3 Å². The molecule has 2 aromatic heterocycles. The summed E-state index contributed by atoms with van der Waals surface area (Å²) < 4.78 is 0.862. The van der Waals surface area contributed by atoms with Crippen molar-refractivity contribution < 1.29 is 9.59 Å². The molecule has 0 fully saturated rings. The molecule has 2 aromatic carbocycles. The molecule has 2 heterocycles. The van der Waals surface area contributed by atoms with E-state index in [2.05, 4.69) is 26.7 Å². The maximum Gasteiger partial charge on any atom is 0.251 e. The van der Waals surface area contributed by atoms with Crippen LogP contribution in [0.15, 0.2) is 48.7 Å². The maximum absolute atomic E-state index is 12.7. The minimum Gasteiger partial charge on any atom is -0.361 e. The van der Waals surface area contributed by atoms with Crippen molar-refractivity contribution in [1.29, 1.82) is 0 Å². The largest absolute Gasteiger partial charge is 0.361 e. The number of fused-ring (bicyclic) bond motifs is 2. The molecule has 28 heavy (non-hydrogen) atoms. The molecule has 0 spiro atoms. The topological polar surface area (TPSA) is 86.9 Å². The predicted octanol–water partition coefficient (Wildman–Crippen LogP) is 4.10. The van der Waals surface area contributed by atoms with Crippen molar-refractivity contribution in [3.8, 4) is 0 Å². The number of carbonyl (C=O) groups excluding carboxylic acids is 2. The first kappa shape index (κ1) is 18.2. The fourth-order valence-electron chi connectivity index (χ4n) is 3.26. The number of nitrogens with zero attached hydrogens (tertiary/aromatic N) is 1. The summed E-state index contributed by atoms with van der Waals surface area (Å²) in [5.41, 5.74) is 3.62. The van der Waals surface area contributed by atoms with E-state index in [4.69, 9.17) is 0 Å². The van der Waals surface area contributed by atoms with E-state index < -0.39 is 0 Å². The lowest BCUT2D eigenvalue weighted by atomic mass is 10.1. The van der Waals surface area contributed by atoms with Crippen molar-refractivity contribution in [3.05, 3.63) is 59.8 Å². The second kappa shape index (κ2) is 7.44. The highest BCUT2D eigenvalue weighted by molar-refractivity contribution is 7.22. The van der Waals surface area contributed by atoms with Crippen LogP contribution in [0.2, 0.25) is 0 Å². The Morgan fingerprint density at radius 2 is 2.04 bits per heavy atom. The van der Waals surface area contributed by atoms with Crippen LogP contribution in [0.25, 0.3) is 21.1 Å². The Morgan fingerprint density at radius 3 is 2.86 bits per heavy atom. The minimum absolute atomic E-state index is 0.0150. The van der Waals surface area contributed by atoms with Gasteiger partial charge in [-0.1, -0.05) is 29.5 Å². The predicted molar refractivity (Wildman–Crippen MR) is 113 cm³/mol. The molecule has 0 radical (unpaired) electrons. The van der Waals surface area contributed by atoms with Gasteiger partial charge < -0.3 is 15.6 Å². The lowest BCUT2D eigenvalue weighted by Crippen LogP contribution is -2.34. The average molecular weight is 392 g/mol. The second-order valence-electron chi connectivity index (χ2n) is 6.82. The zero-order valence-electron chi connectivity index (χ0n) is 15.6. The number of benzene rings is 2. The van der Waals surface area contributed by atoms with Crippen LogP contribution in [0.1, 0.15) is 29.8 Å². The van der Waals surface area contributed by atoms with Gasteiger partial charge in [-0.2, -0.15) is 0 Å². The summed E-state index contributed by atoms with van der Waals surface area (Å²) in [6.07, 6.45) is 2.74. The fourth-order valence-corrected chi connectivity index (χ4v) is 4.21. The van der Waals surface area contributed by atoms with Gasteiger partial charge in [-0.05, 0) is 43.2 Å². The zero-order chi connectivity index (χ0) is 19.7. The number of nitrogens with one attached hydrogen (secondary N) is 3. The van der Waals surface area contributed by atoms with Crippen LogP contribution in [0.3, 0.4) is 0 Å². The number of hydrogen-bond acceptors (Lipinski definition) is 4. The molecule has 2 amide bonds. The summed E-state index contributed by atoms with van der Waals surface area (Å²) in [6.45, 7) is 3.44. The van der Waals surface area contributed by atoms with E-state index in [0.717, 1.165) is 22.2 Å². The summed E-state index contributed by atoms with van der Waals surface area (Å²) >= 11 is 1.35. The molecule has 4 rings (SSSR count). The van der Waals surface area contributed by atoms with Gasteiger partial charge in [0.2, 0.25) is 5.91 Å². The first-order valence-electron chi connectivity index (χ1n) is 9.03. The number of aromatic amines is 1. The summed E-state index contributed by atoms with van der Waals surface area (Å²) in [5.74, 6) is -0.285. The third-order valence-corrected chi connectivity index (χ3v) is 5.45. The van der Waals surface area contributed by atoms with Gasteiger partial charge in [0.1, 0.15) is 0 Å². The number of aromatic nitrogens is 2. The number of anilines is 1. The molecule has 142 valence electrons. The monoisotopic (exact) mass is 392 g/mol. The lowest BCUT2D eigenvalue weighted by molar-refractivity contribution is -0.114. The Labute approximate surface area is 166 Å². The molecule has 0 saturated carbocycles. The highest BCUT2D eigenvalue weighted by Crippen LogP contribution is 2.27. The van der Waals surface area contributed by atoms with Crippen molar-refractivity contribution in [2.24, 2.45) is 0 Å². The number of thiazole rings is 1. The first-order chi connectivity index (χ1) is 13.5. The molecule has 0 bridgehead atoms. The van der Waals surface area contributed by atoms with E-state index in [-0.39, 0.29) is 17.9 Å². The third-order valence-electron chi connectivity index (χ3n) is 4.51. The van der Waals surface area contributed by atoms with E-state index in [1.165, 1.54) is 29.2 Å². The molecule has 0 aliphatic carbocycles. The van der Waals surface area contributed by atoms with Crippen LogP contribution in [0, 0.1) is 0 Å². The zero-order valence-corrected chi connectivity index (χ0v) is 16.4. The van der Waals surface area contributed by atoms with Crippen LogP contribution in [0.4, 0.5) is 5.13 Å². The normalized spacial score (nSPS) is 12.2. The number of H-pyrrole nitrogens is 1. The van der Waals surface area contributed by atoms with Crippen molar-refractivity contribution in [1.82, 2.24) is 15.3 Å². The van der Waals surface area contributed by atoms with Crippen LogP contribution in [0.5, 0.6) is 0 Å². The molecule has 4 aromatic rings. The van der Waals surface area contributed by atoms with E-state index >= 15 is 0 Å². The Bertz CT molecular complexity index is 1180. The van der Waals surface area contributed by atoms with Gasteiger partial charge >= 0.3 is 0 Å². The summed E-state index contributed by atoms with van der Waals surface area (Å²) in [5, 5.41) is 7.46. The van der Waals surface area contributed by atoms with Gasteiger partial charge in [0.15, 0.2) is 5.13 Å². The van der Waals surface area contributed by atoms with E-state index in [9.17, 15) is 9.59 Å². The van der Waals surface area contributed by atoms with E-state index in [1.807, 2.05) is 37.4 Å². The standard InChI is InChI=1S/C21H20N4O2S/c1-12(9-15-11-22-17-6-4-3-5-16(15)17)23-20(27)14-7-8-18-19(10-14)28-21(25-18)24-13(2)26/h3-8,10-12,22H,9H2,1-2H3,(H,23,27)(H,24,25,26)/t12-/m0/s1. The quantitative estimate of drug-likeness (QED) is 0.478. The molecule has 7 heteroatoms. The number of hydrogen-bond donors (Lipinski definition) is 3. The van der Waals surface area contributed by atoms with Crippen LogP contribution >= 0.6 is 11.3 Å². The second-order valence-corrected chi connectivity index (χ2v) is 7.85. The van der Waals surface area contributed by atoms with Gasteiger partial charge in [0.05, 0.1) is 10.2 Å². The van der Waals surface area contributed by atoms with Crippen molar-refractivity contribution in [2.75, 3.05) is 5.32 Å². The molecule has 0 aliphatic rings. The minimum atomic E-state index is -0.164. The van der Waals surface area contributed by atoms with Crippen LogP contribution < -0.4 is 10.6 Å². The van der Waals surface area contributed by atoms with Gasteiger partial charge in [0.25, 0.3) is 5.91 Å². The summed E-state index contributed by atoms with van der Waals surface area (Å²) in [6, 6.07) is 13.5. The summed E-state index contributed by atoms with van der Waals surface area (Å²) in [4.78, 5) is 31.5. The fraction of sp³-hybridized carbons (Fsp3) is 0.190. The lowest BCUT2D eigenvalue weighted by Gasteiger charge is -2.13. The molecule has 0 aliphatic heterocycles. The molecule has 6 nitrogen and oxygen atoms in total. The highest BCUT2D eigenvalue weighted by Gasteiger charge is 2.14. The molecule has 3 N–H and O–H groups in total. The van der Waals surface area contributed by atoms with Gasteiger partial charge in [-0.25, -0.2) is 4.98 Å². The SMILES string of the molecule is CC(=O)Nc1nc2ccc(C(=O)N[C@@H](C)Cc3c[nH]c4ccccc34)cc2s1. The van der Waals surface area contributed by atoms with Gasteiger partial charge in [-0.3, -0.25) is 9.59 Å². The van der Waals surface area contributed by atoms with E-state index in [0.29, 0.717) is 10.7 Å². The number of carbonyl (C=O) groups is 2. The Balaban J connectivity index is 1.47. The Morgan fingerprint density at radius 1 is 1.21 bits per heavy atom. The number of rotatable bonds is 5. The molecule has 1 atom stereocenters. The van der Waals surface area contributed by atoms with Crippen LogP contribution in [-0.4, -0.2) is 27.8 Å². The Kier molecular flexibility index (Phi) is 4.83. The average Bonchev–Trinajstić information content (AvgIpc) is 3.24. The highest BCUT2D eigenvalue weighted by atomic mass is 32.1. The third kappa shape index (κ3) is 3.75. The molecule has 0 saturated heterocycles. The number of amides is 2. The Hall–Kier alpha value is -3.19. The van der Waals surface area contributed by atoms with Crippen molar-refractivity contribution >= 4 is 49.4 Å². The first-order valence-corrected chi connectivity index (χ1v) is 9.85. The summed E-state index contributed by atoms with van der Waals surface area (Å²) in [7, 11) is 0. The maximum atomic E-state index is 12.7. The molecular weight excluding hydrogens is 372 g/mol.